The van der Waals surface area contributed by atoms with Gasteiger partial charge in [0, 0.05) is 38.1 Å². The van der Waals surface area contributed by atoms with Crippen LogP contribution in [0.15, 0.2) is 42.5 Å². The molecule has 0 aliphatic heterocycles. The van der Waals surface area contributed by atoms with Gasteiger partial charge in [0.15, 0.2) is 11.6 Å². The zero-order chi connectivity index (χ0) is 14.5. The first kappa shape index (κ1) is 14.2. The molecule has 0 spiro atoms. The fourth-order valence-electron chi connectivity index (χ4n) is 1.89. The monoisotopic (exact) mass is 274 g/mol. The Bertz CT molecular complexity index is 567. The molecule has 0 unspecified atom stereocenters. The molecular weight excluding hydrogens is 255 g/mol. The summed E-state index contributed by atoms with van der Waals surface area (Å²) in [5.74, 6) is -0.105. The molecule has 2 aromatic carbocycles. The molecule has 4 heteroatoms. The summed E-state index contributed by atoms with van der Waals surface area (Å²) >= 11 is 0. The number of benzene rings is 2. The van der Waals surface area contributed by atoms with Gasteiger partial charge in [0.1, 0.15) is 0 Å². The smallest absolute Gasteiger partial charge is 0.167 e. The number of anilines is 2. The van der Waals surface area contributed by atoms with Crippen molar-refractivity contribution in [2.75, 3.05) is 31.4 Å². The standard InChI is InChI=1S/C16H19FN2O/c1-19(2)14-7-4-12(5-8-14)11-18-13-6-9-16(20-3)15(17)10-13/h4-10,18H,11H2,1-3H3. The normalized spacial score (nSPS) is 10.2. The maximum atomic E-state index is 13.5. The number of rotatable bonds is 5. The summed E-state index contributed by atoms with van der Waals surface area (Å²) in [5.41, 5.74) is 3.04. The third kappa shape index (κ3) is 3.41. The number of nitrogens with zero attached hydrogens (tertiary/aromatic N) is 1. The second kappa shape index (κ2) is 6.28. The summed E-state index contributed by atoms with van der Waals surface area (Å²) in [4.78, 5) is 2.05. The largest absolute Gasteiger partial charge is 0.494 e. The van der Waals surface area contributed by atoms with Gasteiger partial charge in [0.25, 0.3) is 0 Å². The molecule has 0 aliphatic carbocycles. The van der Waals surface area contributed by atoms with Gasteiger partial charge in [-0.05, 0) is 29.8 Å². The van der Waals surface area contributed by atoms with E-state index >= 15 is 0 Å². The summed E-state index contributed by atoms with van der Waals surface area (Å²) in [7, 11) is 5.47. The van der Waals surface area contributed by atoms with Crippen LogP contribution in [0.25, 0.3) is 0 Å². The molecule has 0 saturated heterocycles. The Morgan fingerprint density at radius 1 is 1.10 bits per heavy atom. The predicted molar refractivity (Wildman–Crippen MR) is 81.0 cm³/mol. The minimum atomic E-state index is -0.361. The van der Waals surface area contributed by atoms with E-state index in [1.807, 2.05) is 14.1 Å². The fourth-order valence-corrected chi connectivity index (χ4v) is 1.89. The Hall–Kier alpha value is -2.23. The highest BCUT2D eigenvalue weighted by Gasteiger charge is 2.03. The summed E-state index contributed by atoms with van der Waals surface area (Å²) < 4.78 is 18.4. The molecule has 106 valence electrons. The van der Waals surface area contributed by atoms with Crippen molar-refractivity contribution in [3.05, 3.63) is 53.8 Å². The molecule has 2 aromatic rings. The lowest BCUT2D eigenvalue weighted by Crippen LogP contribution is -2.08. The number of hydrogen-bond donors (Lipinski definition) is 1. The molecule has 0 heterocycles. The molecule has 0 aromatic heterocycles. The SMILES string of the molecule is COc1ccc(NCc2ccc(N(C)C)cc2)cc1F. The molecule has 2 rings (SSSR count). The lowest BCUT2D eigenvalue weighted by atomic mass is 10.2. The molecular formula is C16H19FN2O. The molecule has 0 bridgehead atoms. The average molecular weight is 274 g/mol. The maximum absolute atomic E-state index is 13.5. The van der Waals surface area contributed by atoms with Crippen LogP contribution < -0.4 is 15.0 Å². The molecule has 0 atom stereocenters. The van der Waals surface area contributed by atoms with Gasteiger partial charge in [-0.15, -0.1) is 0 Å². The molecule has 20 heavy (non-hydrogen) atoms. The minimum Gasteiger partial charge on any atom is -0.494 e. The summed E-state index contributed by atoms with van der Waals surface area (Å²) in [6.07, 6.45) is 0. The number of halogens is 1. The highest BCUT2D eigenvalue weighted by atomic mass is 19.1. The van der Waals surface area contributed by atoms with E-state index in [9.17, 15) is 4.39 Å². The third-order valence-corrected chi connectivity index (χ3v) is 3.10. The van der Waals surface area contributed by atoms with E-state index in [1.165, 1.54) is 13.2 Å². The molecule has 0 radical (unpaired) electrons. The van der Waals surface area contributed by atoms with Crippen molar-refractivity contribution >= 4 is 11.4 Å². The van der Waals surface area contributed by atoms with Gasteiger partial charge >= 0.3 is 0 Å². The van der Waals surface area contributed by atoms with Crippen LogP contribution in [-0.2, 0) is 6.54 Å². The third-order valence-electron chi connectivity index (χ3n) is 3.10. The number of nitrogens with one attached hydrogen (secondary N) is 1. The zero-order valence-electron chi connectivity index (χ0n) is 12.0. The molecule has 0 aliphatic rings. The average Bonchev–Trinajstić information content (AvgIpc) is 2.45. The van der Waals surface area contributed by atoms with Gasteiger partial charge in [-0.2, -0.15) is 0 Å². The second-order valence-corrected chi connectivity index (χ2v) is 4.76. The van der Waals surface area contributed by atoms with Gasteiger partial charge < -0.3 is 15.0 Å². The van der Waals surface area contributed by atoms with Gasteiger partial charge in [-0.1, -0.05) is 12.1 Å². The van der Waals surface area contributed by atoms with Crippen molar-refractivity contribution < 1.29 is 9.13 Å². The van der Waals surface area contributed by atoms with Crippen molar-refractivity contribution in [1.29, 1.82) is 0 Å². The number of ether oxygens (including phenoxy) is 1. The van der Waals surface area contributed by atoms with E-state index in [1.54, 1.807) is 12.1 Å². The molecule has 1 N–H and O–H groups in total. The van der Waals surface area contributed by atoms with Gasteiger partial charge in [-0.3, -0.25) is 0 Å². The Kier molecular flexibility index (Phi) is 4.45. The van der Waals surface area contributed by atoms with Crippen LogP contribution in [0.2, 0.25) is 0 Å². The molecule has 3 nitrogen and oxygen atoms in total. The Morgan fingerprint density at radius 2 is 1.80 bits per heavy atom. The van der Waals surface area contributed by atoms with Gasteiger partial charge in [0.05, 0.1) is 7.11 Å². The van der Waals surface area contributed by atoms with Gasteiger partial charge in [-0.25, -0.2) is 4.39 Å². The van der Waals surface area contributed by atoms with Crippen molar-refractivity contribution in [2.45, 2.75) is 6.54 Å². The number of methoxy groups -OCH3 is 1. The van der Waals surface area contributed by atoms with Crippen molar-refractivity contribution in [2.24, 2.45) is 0 Å². The maximum Gasteiger partial charge on any atom is 0.167 e. The van der Waals surface area contributed by atoms with Crippen LogP contribution in [0, 0.1) is 5.82 Å². The Balaban J connectivity index is 1.99. The Labute approximate surface area is 119 Å². The quantitative estimate of drug-likeness (QED) is 0.903. The fraction of sp³-hybridized carbons (Fsp3) is 0.250. The van der Waals surface area contributed by atoms with E-state index in [-0.39, 0.29) is 11.6 Å². The lowest BCUT2D eigenvalue weighted by Gasteiger charge is -2.13. The van der Waals surface area contributed by atoms with Crippen molar-refractivity contribution in [3.8, 4) is 5.75 Å². The number of hydrogen-bond acceptors (Lipinski definition) is 3. The zero-order valence-corrected chi connectivity index (χ0v) is 12.0. The predicted octanol–water partition coefficient (Wildman–Crippen LogP) is 3.51. The van der Waals surface area contributed by atoms with Crippen LogP contribution in [0.4, 0.5) is 15.8 Å². The van der Waals surface area contributed by atoms with Crippen molar-refractivity contribution in [3.63, 3.8) is 0 Å². The molecule has 0 saturated carbocycles. The summed E-state index contributed by atoms with van der Waals surface area (Å²) in [6.45, 7) is 0.652. The topological polar surface area (TPSA) is 24.5 Å². The Morgan fingerprint density at radius 3 is 2.35 bits per heavy atom. The first-order chi connectivity index (χ1) is 9.60. The first-order valence-electron chi connectivity index (χ1n) is 6.44. The minimum absolute atomic E-state index is 0.255. The van der Waals surface area contributed by atoms with Crippen LogP contribution in [0.3, 0.4) is 0 Å². The summed E-state index contributed by atoms with van der Waals surface area (Å²) in [6, 6.07) is 13.1. The highest BCUT2D eigenvalue weighted by molar-refractivity contribution is 5.49. The van der Waals surface area contributed by atoms with Crippen LogP contribution >= 0.6 is 0 Å². The van der Waals surface area contributed by atoms with E-state index in [0.717, 1.165) is 16.9 Å². The molecule has 0 fully saturated rings. The van der Waals surface area contributed by atoms with E-state index in [2.05, 4.69) is 34.5 Å². The summed E-state index contributed by atoms with van der Waals surface area (Å²) in [5, 5.41) is 3.19. The molecule has 0 amide bonds. The first-order valence-corrected chi connectivity index (χ1v) is 6.44. The van der Waals surface area contributed by atoms with Crippen molar-refractivity contribution in [1.82, 2.24) is 0 Å². The van der Waals surface area contributed by atoms with Gasteiger partial charge in [0.2, 0.25) is 0 Å². The van der Waals surface area contributed by atoms with E-state index < -0.39 is 0 Å². The van der Waals surface area contributed by atoms with Crippen LogP contribution in [-0.4, -0.2) is 21.2 Å². The van der Waals surface area contributed by atoms with Crippen LogP contribution in [0.5, 0.6) is 5.75 Å². The second-order valence-electron chi connectivity index (χ2n) is 4.76. The van der Waals surface area contributed by atoms with E-state index in [4.69, 9.17) is 4.74 Å². The highest BCUT2D eigenvalue weighted by Crippen LogP contribution is 2.21. The lowest BCUT2D eigenvalue weighted by molar-refractivity contribution is 0.386. The van der Waals surface area contributed by atoms with E-state index in [0.29, 0.717) is 6.54 Å². The van der Waals surface area contributed by atoms with Crippen LogP contribution in [0.1, 0.15) is 5.56 Å².